The summed E-state index contributed by atoms with van der Waals surface area (Å²) in [5.41, 5.74) is 0. The average Bonchev–Trinajstić information content (AvgIpc) is 1.87. The van der Waals surface area contributed by atoms with Crippen LogP contribution in [-0.2, 0) is 0 Å². The Morgan fingerprint density at radius 2 is 2.00 bits per heavy atom. The zero-order valence-electron chi connectivity index (χ0n) is 5.72. The molecule has 2 atom stereocenters. The van der Waals surface area contributed by atoms with Crippen LogP contribution in [-0.4, -0.2) is 12.6 Å². The first kappa shape index (κ1) is 6.96. The molecule has 0 aromatic heterocycles. The topological polar surface area (TPSA) is 14.1 Å². The van der Waals surface area contributed by atoms with Crippen LogP contribution in [0.3, 0.4) is 0 Å². The third-order valence-corrected chi connectivity index (χ3v) is 1.47. The Bertz CT molecular complexity index is 57.5. The number of hydrogen-bond donors (Lipinski definition) is 0. The van der Waals surface area contributed by atoms with Crippen LogP contribution in [0.1, 0.15) is 20.3 Å². The summed E-state index contributed by atoms with van der Waals surface area (Å²) in [5, 5.41) is 4.32. The number of hydrogen-bond acceptors (Lipinski definition) is 0. The van der Waals surface area contributed by atoms with Gasteiger partial charge in [0.1, 0.15) is 0 Å². The summed E-state index contributed by atoms with van der Waals surface area (Å²) in [5.74, 6) is 0.856. The molecule has 0 aromatic rings. The molecule has 2 heteroatoms. The Balaban J connectivity index is 0.000000490. The SMILES string of the molecule is CC1C[N-]C(C)C1.[Rf]. The van der Waals surface area contributed by atoms with Crippen molar-refractivity contribution in [3.05, 3.63) is 5.32 Å². The van der Waals surface area contributed by atoms with Gasteiger partial charge in [0.15, 0.2) is 0 Å². The number of rotatable bonds is 0. The summed E-state index contributed by atoms with van der Waals surface area (Å²) in [7, 11) is 0. The molecule has 1 fully saturated rings. The third kappa shape index (κ3) is 1.23. The summed E-state index contributed by atoms with van der Waals surface area (Å²) in [6.45, 7) is 5.54. The molecule has 1 aliphatic rings. The van der Waals surface area contributed by atoms with E-state index < -0.39 is 0 Å². The van der Waals surface area contributed by atoms with Gasteiger partial charge in [-0.2, -0.15) is 0 Å². The van der Waals surface area contributed by atoms with Crippen LogP contribution in [0, 0.1) is 5.92 Å². The van der Waals surface area contributed by atoms with Crippen LogP contribution in [0.5, 0.6) is 0 Å². The van der Waals surface area contributed by atoms with Crippen LogP contribution in [0.25, 0.3) is 5.32 Å². The Hall–Kier alpha value is -1.04. The molecule has 0 N–H and O–H groups in total. The van der Waals surface area contributed by atoms with E-state index in [4.69, 9.17) is 0 Å². The molecular formula is C6H12NRf-. The van der Waals surface area contributed by atoms with Crippen molar-refractivity contribution in [2.75, 3.05) is 6.54 Å². The minimum atomic E-state index is 0. The molecule has 2 unspecified atom stereocenters. The zero-order valence-corrected chi connectivity index (χ0v) is 12.1. The van der Waals surface area contributed by atoms with Crippen molar-refractivity contribution in [1.82, 2.24) is 0 Å². The molecule has 1 rings (SSSR count). The van der Waals surface area contributed by atoms with Gasteiger partial charge in [0.25, 0.3) is 0 Å². The van der Waals surface area contributed by atoms with Gasteiger partial charge in [-0.05, 0) is 0 Å². The summed E-state index contributed by atoms with van der Waals surface area (Å²) >= 11 is 0. The Labute approximate surface area is 45.1 Å². The van der Waals surface area contributed by atoms with E-state index in [2.05, 4.69) is 19.2 Å². The minimum absolute atomic E-state index is 0. The van der Waals surface area contributed by atoms with Gasteiger partial charge in [-0.15, -0.1) is 12.6 Å². The van der Waals surface area contributed by atoms with Crippen LogP contribution in [0.4, 0.5) is 0 Å². The molecule has 0 amide bonds. The van der Waals surface area contributed by atoms with Gasteiger partial charge in [0.2, 0.25) is 0 Å². The zero-order chi connectivity index (χ0) is 5.28. The van der Waals surface area contributed by atoms with Crippen molar-refractivity contribution in [2.24, 2.45) is 5.92 Å². The van der Waals surface area contributed by atoms with Gasteiger partial charge in [-0.25, -0.2) is 0 Å². The number of nitrogens with zero attached hydrogens (tertiary/aromatic N) is 1. The van der Waals surface area contributed by atoms with E-state index in [1.807, 2.05) is 0 Å². The van der Waals surface area contributed by atoms with E-state index in [-0.39, 0.29) is 0 Å². The van der Waals surface area contributed by atoms with Gasteiger partial charge < -0.3 is 5.32 Å². The Morgan fingerprint density at radius 1 is 1.38 bits per heavy atom. The van der Waals surface area contributed by atoms with Crippen molar-refractivity contribution >= 4 is 0 Å². The predicted molar refractivity (Wildman–Crippen MR) is 31.5 cm³/mol. The van der Waals surface area contributed by atoms with Gasteiger partial charge >= 0.3 is 0 Å². The second kappa shape index (κ2) is 2.31. The fourth-order valence-electron chi connectivity index (χ4n) is 1.09. The second-order valence-corrected chi connectivity index (χ2v) is 2.56. The third-order valence-electron chi connectivity index (χ3n) is 1.47. The smallest absolute Gasteiger partial charge is 0 e. The van der Waals surface area contributed by atoms with Gasteiger partial charge in [0.05, 0.1) is 0 Å². The normalized spacial score (nSPS) is 36.8. The second-order valence-electron chi connectivity index (χ2n) is 2.56. The molecule has 0 bridgehead atoms. The summed E-state index contributed by atoms with van der Waals surface area (Å²) in [6, 6.07) is 0.648. The summed E-state index contributed by atoms with van der Waals surface area (Å²) in [4.78, 5) is 0. The fraction of sp³-hybridized carbons (Fsp3) is 1.00. The van der Waals surface area contributed by atoms with E-state index in [0.29, 0.717) is 6.04 Å². The first-order valence-electron chi connectivity index (χ1n) is 2.95. The standard InChI is InChI=1S/C6H12N.Rf/c1-5-3-6(2)7-4-5;/h5-6H,3-4H2,1-2H3;/q-1;. The van der Waals surface area contributed by atoms with Crippen molar-refractivity contribution < 1.29 is 0 Å². The molecule has 0 aromatic carbocycles. The predicted octanol–water partition coefficient (Wildman–Crippen LogP) is 1.79. The van der Waals surface area contributed by atoms with Gasteiger partial charge in [0, 0.05) is 0 Å². The maximum absolute atomic E-state index is 4.32. The summed E-state index contributed by atoms with van der Waals surface area (Å²) < 4.78 is 0. The molecule has 8 heavy (non-hydrogen) atoms. The molecule has 0 spiro atoms. The first-order valence-corrected chi connectivity index (χ1v) is 2.95. The monoisotopic (exact) mass is 365 g/mol. The molecule has 0 saturated carbocycles. The average molecular weight is 365 g/mol. The van der Waals surface area contributed by atoms with Crippen molar-refractivity contribution in [3.63, 3.8) is 0 Å². The largest absolute Gasteiger partial charge is 0.660 e. The van der Waals surface area contributed by atoms with E-state index in [1.54, 1.807) is 0 Å². The van der Waals surface area contributed by atoms with Gasteiger partial charge in [-0.1, -0.05) is 26.2 Å². The van der Waals surface area contributed by atoms with Crippen LogP contribution in [0.15, 0.2) is 0 Å². The first-order chi connectivity index (χ1) is 3.29. The molecule has 1 nitrogen and oxygen atoms in total. The molecule has 1 saturated heterocycles. The van der Waals surface area contributed by atoms with E-state index in [1.165, 1.54) is 6.42 Å². The van der Waals surface area contributed by atoms with E-state index >= 15 is 0 Å². The fourth-order valence-corrected chi connectivity index (χ4v) is 1.09. The summed E-state index contributed by atoms with van der Waals surface area (Å²) in [6.07, 6.45) is 1.31. The van der Waals surface area contributed by atoms with Gasteiger partial charge in [-0.3, -0.25) is 0 Å². The maximum atomic E-state index is 4.32. The maximum Gasteiger partial charge on any atom is 0 e. The Morgan fingerprint density at radius 3 is 2.12 bits per heavy atom. The van der Waals surface area contributed by atoms with E-state index in [0.717, 1.165) is 12.5 Å². The quantitative estimate of drug-likeness (QED) is 0.622. The molecule has 44 valence electrons. The molecule has 0 radical (unpaired) electrons. The van der Waals surface area contributed by atoms with Crippen LogP contribution in [0.2, 0.25) is 0 Å². The van der Waals surface area contributed by atoms with E-state index in [9.17, 15) is 0 Å². The molecular weight excluding hydrogens is 353 g/mol. The van der Waals surface area contributed by atoms with Crippen LogP contribution >= 0.6 is 0 Å². The van der Waals surface area contributed by atoms with Crippen molar-refractivity contribution in [2.45, 2.75) is 26.3 Å². The molecule has 1 heterocycles. The Kier molecular flexibility index (Phi) is 2.01. The van der Waals surface area contributed by atoms with Crippen molar-refractivity contribution in [1.29, 1.82) is 0 Å². The molecule has 0 aliphatic carbocycles. The van der Waals surface area contributed by atoms with Crippen molar-refractivity contribution in [3.8, 4) is 0 Å². The van der Waals surface area contributed by atoms with Crippen LogP contribution < -0.4 is 0 Å². The minimum Gasteiger partial charge on any atom is -0.660 e. The molecule has 1 aliphatic heterocycles.